The highest BCUT2D eigenvalue weighted by molar-refractivity contribution is 7.80. The van der Waals surface area contributed by atoms with E-state index >= 15 is 0 Å². The Labute approximate surface area is 175 Å². The van der Waals surface area contributed by atoms with Gasteiger partial charge in [-0.1, -0.05) is 45.0 Å². The highest BCUT2D eigenvalue weighted by Gasteiger charge is 2.12. The summed E-state index contributed by atoms with van der Waals surface area (Å²) >= 11 is 4.58. The molecule has 5 N–H and O–H groups in total. The van der Waals surface area contributed by atoms with Gasteiger partial charge in [-0.3, -0.25) is 5.43 Å². The summed E-state index contributed by atoms with van der Waals surface area (Å²) in [6.07, 6.45) is 1.12. The minimum Gasteiger partial charge on any atom is -0.381 e. The van der Waals surface area contributed by atoms with Crippen LogP contribution in [-0.2, 0) is 12.0 Å². The molecule has 0 unspecified atom stereocenters. The van der Waals surface area contributed by atoms with Crippen LogP contribution in [0.2, 0.25) is 0 Å². The van der Waals surface area contributed by atoms with Crippen molar-refractivity contribution in [2.45, 2.75) is 32.7 Å². The second-order valence-corrected chi connectivity index (χ2v) is 8.08. The zero-order valence-corrected chi connectivity index (χ0v) is 17.7. The maximum Gasteiger partial charge on any atom is 0.184 e. The third kappa shape index (κ3) is 7.40. The number of nitrogens with one attached hydrogen (secondary N) is 3. The van der Waals surface area contributed by atoms with Crippen LogP contribution in [0, 0.1) is 11.6 Å². The first kappa shape index (κ1) is 22.7. The van der Waals surface area contributed by atoms with Crippen LogP contribution < -0.4 is 21.8 Å². The molecule has 0 bridgehead atoms. The van der Waals surface area contributed by atoms with Crippen molar-refractivity contribution in [1.82, 2.24) is 10.7 Å². The van der Waals surface area contributed by atoms with Gasteiger partial charge in [0.05, 0.1) is 11.9 Å². The monoisotopic (exact) mass is 419 g/mol. The third-order valence-corrected chi connectivity index (χ3v) is 4.32. The van der Waals surface area contributed by atoms with Crippen LogP contribution >= 0.6 is 12.2 Å². The van der Waals surface area contributed by atoms with Gasteiger partial charge in [0.25, 0.3) is 0 Å². The predicted octanol–water partition coefficient (Wildman–Crippen LogP) is 3.63. The van der Waals surface area contributed by atoms with E-state index in [9.17, 15) is 8.78 Å². The Morgan fingerprint density at radius 3 is 2.41 bits per heavy atom. The fourth-order valence-electron chi connectivity index (χ4n) is 2.60. The van der Waals surface area contributed by atoms with Gasteiger partial charge >= 0.3 is 0 Å². The average Bonchev–Trinajstić information content (AvgIpc) is 2.64. The number of anilines is 1. The van der Waals surface area contributed by atoms with Crippen LogP contribution in [-0.4, -0.2) is 24.4 Å². The lowest BCUT2D eigenvalue weighted by Crippen LogP contribution is -2.24. The SMILES string of the molecule is CC(C)(C)c1ccc(CNCCNc2cc(F)c(/C=N/NC(N)=S)cc2F)cc1. The average molecular weight is 420 g/mol. The van der Waals surface area contributed by atoms with Crippen LogP contribution in [0.4, 0.5) is 14.5 Å². The molecule has 0 spiro atoms. The number of thiocarbonyl (C=S) groups is 1. The van der Waals surface area contributed by atoms with Gasteiger partial charge in [-0.05, 0) is 34.8 Å². The number of benzene rings is 2. The normalized spacial score (nSPS) is 11.6. The first-order valence-corrected chi connectivity index (χ1v) is 9.69. The Morgan fingerprint density at radius 1 is 1.10 bits per heavy atom. The van der Waals surface area contributed by atoms with E-state index in [0.29, 0.717) is 19.6 Å². The number of nitrogens with two attached hydrogens (primary N) is 1. The van der Waals surface area contributed by atoms with Crippen molar-refractivity contribution in [2.24, 2.45) is 10.8 Å². The number of halogens is 2. The summed E-state index contributed by atoms with van der Waals surface area (Å²) in [5.41, 5.74) is 10.2. The quantitative estimate of drug-likeness (QED) is 0.228. The minimum atomic E-state index is -0.603. The fourth-order valence-corrected chi connectivity index (χ4v) is 2.66. The fraction of sp³-hybridized carbons (Fsp3) is 0.333. The van der Waals surface area contributed by atoms with Crippen LogP contribution in [0.3, 0.4) is 0 Å². The summed E-state index contributed by atoms with van der Waals surface area (Å²) in [5, 5.41) is 9.75. The van der Waals surface area contributed by atoms with E-state index in [-0.39, 0.29) is 21.8 Å². The molecule has 0 saturated heterocycles. The Balaban J connectivity index is 1.81. The lowest BCUT2D eigenvalue weighted by molar-refractivity contribution is 0.589. The molecule has 2 aromatic rings. The molecule has 0 aromatic heterocycles. The van der Waals surface area contributed by atoms with Crippen molar-refractivity contribution in [2.75, 3.05) is 18.4 Å². The number of nitrogens with zero attached hydrogens (tertiary/aromatic N) is 1. The molecular weight excluding hydrogens is 392 g/mol. The second kappa shape index (κ2) is 10.3. The van der Waals surface area contributed by atoms with Gasteiger partial charge in [-0.25, -0.2) is 8.78 Å². The highest BCUT2D eigenvalue weighted by atomic mass is 32.1. The zero-order valence-electron chi connectivity index (χ0n) is 16.9. The Bertz CT molecular complexity index is 861. The largest absolute Gasteiger partial charge is 0.381 e. The van der Waals surface area contributed by atoms with Crippen LogP contribution in [0.1, 0.15) is 37.5 Å². The molecular formula is C21H27F2N5S. The van der Waals surface area contributed by atoms with Gasteiger partial charge in [0, 0.05) is 31.3 Å². The minimum absolute atomic E-state index is 0.00590. The second-order valence-electron chi connectivity index (χ2n) is 7.64. The third-order valence-electron chi connectivity index (χ3n) is 4.23. The van der Waals surface area contributed by atoms with Gasteiger partial charge in [-0.2, -0.15) is 5.10 Å². The first-order chi connectivity index (χ1) is 13.7. The maximum atomic E-state index is 14.1. The molecule has 2 rings (SSSR count). The highest BCUT2D eigenvalue weighted by Crippen LogP contribution is 2.22. The molecule has 0 saturated carbocycles. The van der Waals surface area contributed by atoms with E-state index in [4.69, 9.17) is 5.73 Å². The molecule has 5 nitrogen and oxygen atoms in total. The van der Waals surface area contributed by atoms with Crippen LogP contribution in [0.25, 0.3) is 0 Å². The van der Waals surface area contributed by atoms with E-state index < -0.39 is 11.6 Å². The van der Waals surface area contributed by atoms with Crippen molar-refractivity contribution >= 4 is 29.2 Å². The van der Waals surface area contributed by atoms with Gasteiger partial charge < -0.3 is 16.4 Å². The summed E-state index contributed by atoms with van der Waals surface area (Å²) in [6, 6.07) is 10.6. The Kier molecular flexibility index (Phi) is 8.04. The summed E-state index contributed by atoms with van der Waals surface area (Å²) in [6.45, 7) is 8.29. The topological polar surface area (TPSA) is 74.5 Å². The lowest BCUT2D eigenvalue weighted by atomic mass is 9.87. The summed E-state index contributed by atoms with van der Waals surface area (Å²) in [7, 11) is 0. The number of hydrogen-bond donors (Lipinski definition) is 4. The summed E-state index contributed by atoms with van der Waals surface area (Å²) in [4.78, 5) is 0. The number of hydrogen-bond acceptors (Lipinski definition) is 4. The molecule has 0 amide bonds. The van der Waals surface area contributed by atoms with Crippen LogP contribution in [0.5, 0.6) is 0 Å². The predicted molar refractivity (Wildman–Crippen MR) is 119 cm³/mol. The van der Waals surface area contributed by atoms with E-state index in [2.05, 4.69) is 78.4 Å². The summed E-state index contributed by atoms with van der Waals surface area (Å²) < 4.78 is 28.2. The maximum absolute atomic E-state index is 14.1. The Morgan fingerprint density at radius 2 is 1.79 bits per heavy atom. The standard InChI is InChI=1S/C21H27F2N5S/c1-21(2,3)16-6-4-14(5-7-16)12-25-8-9-26-19-11-17(22)15(10-18(19)23)13-27-28-20(24)29/h4-7,10-11,13,25-26H,8-9,12H2,1-3H3,(H3,24,28,29)/b27-13+. The molecule has 8 heteroatoms. The van der Waals surface area contributed by atoms with E-state index in [1.807, 2.05) is 0 Å². The van der Waals surface area contributed by atoms with E-state index in [1.165, 1.54) is 11.1 Å². The molecule has 0 fully saturated rings. The zero-order chi connectivity index (χ0) is 21.4. The molecule has 0 aliphatic rings. The van der Waals surface area contributed by atoms with E-state index in [1.54, 1.807) is 0 Å². The molecule has 29 heavy (non-hydrogen) atoms. The van der Waals surface area contributed by atoms with Gasteiger partial charge in [-0.15, -0.1) is 0 Å². The molecule has 0 atom stereocenters. The lowest BCUT2D eigenvalue weighted by Gasteiger charge is -2.19. The van der Waals surface area contributed by atoms with Crippen LogP contribution in [0.15, 0.2) is 41.5 Å². The van der Waals surface area contributed by atoms with Crippen molar-refractivity contribution < 1.29 is 8.78 Å². The van der Waals surface area contributed by atoms with E-state index in [0.717, 1.165) is 18.3 Å². The van der Waals surface area contributed by atoms with Crippen molar-refractivity contribution in [1.29, 1.82) is 0 Å². The molecule has 2 aromatic carbocycles. The molecule has 0 heterocycles. The van der Waals surface area contributed by atoms with Crippen molar-refractivity contribution in [3.8, 4) is 0 Å². The summed E-state index contributed by atoms with van der Waals surface area (Å²) in [5.74, 6) is -1.17. The first-order valence-electron chi connectivity index (χ1n) is 9.28. The Hall–Kier alpha value is -2.58. The van der Waals surface area contributed by atoms with Gasteiger partial charge in [0.15, 0.2) is 5.11 Å². The van der Waals surface area contributed by atoms with Gasteiger partial charge in [0.1, 0.15) is 11.6 Å². The molecule has 0 radical (unpaired) electrons. The molecule has 0 aliphatic heterocycles. The van der Waals surface area contributed by atoms with Gasteiger partial charge in [0.2, 0.25) is 0 Å². The number of rotatable bonds is 8. The number of hydrazone groups is 1. The molecule has 0 aliphatic carbocycles. The smallest absolute Gasteiger partial charge is 0.184 e. The molecule has 156 valence electrons. The van der Waals surface area contributed by atoms with Crippen molar-refractivity contribution in [3.63, 3.8) is 0 Å². The van der Waals surface area contributed by atoms with Crippen molar-refractivity contribution in [3.05, 3.63) is 64.7 Å².